The number of carbonyl (C=O) groups is 2. The van der Waals surface area contributed by atoms with Gasteiger partial charge in [-0.2, -0.15) is 0 Å². The van der Waals surface area contributed by atoms with E-state index in [1.54, 1.807) is 0 Å². The molecule has 0 bridgehead atoms. The molecule has 138 valence electrons. The van der Waals surface area contributed by atoms with Crippen LogP contribution in [0.2, 0.25) is 10.0 Å². The zero-order chi connectivity index (χ0) is 19.3. The summed E-state index contributed by atoms with van der Waals surface area (Å²) >= 11 is 11.8. The molecule has 0 saturated carbocycles. The lowest BCUT2D eigenvalue weighted by Gasteiger charge is -2.15. The summed E-state index contributed by atoms with van der Waals surface area (Å²) in [6.45, 7) is -0.372. The van der Waals surface area contributed by atoms with Crippen LogP contribution in [0.15, 0.2) is 30.3 Å². The van der Waals surface area contributed by atoms with Crippen molar-refractivity contribution in [1.82, 2.24) is 0 Å². The van der Waals surface area contributed by atoms with Crippen LogP contribution in [0, 0.1) is 0 Å². The van der Waals surface area contributed by atoms with Crippen LogP contribution in [0.3, 0.4) is 0 Å². The van der Waals surface area contributed by atoms with Gasteiger partial charge < -0.3 is 24.6 Å². The highest BCUT2D eigenvalue weighted by Crippen LogP contribution is 2.38. The van der Waals surface area contributed by atoms with Crippen LogP contribution in [-0.2, 0) is 4.79 Å². The molecule has 2 aromatic carbocycles. The van der Waals surface area contributed by atoms with Crippen molar-refractivity contribution in [1.29, 1.82) is 0 Å². The predicted molar refractivity (Wildman–Crippen MR) is 97.1 cm³/mol. The molecule has 0 fully saturated rings. The Morgan fingerprint density at radius 3 is 2.00 bits per heavy atom. The van der Waals surface area contributed by atoms with Gasteiger partial charge in [0.25, 0.3) is 5.91 Å². The molecule has 0 aliphatic carbocycles. The summed E-state index contributed by atoms with van der Waals surface area (Å²) in [5, 5.41) is 12.4. The molecule has 0 aromatic heterocycles. The molecule has 2 aromatic rings. The molecular weight excluding hydrogens is 385 g/mol. The van der Waals surface area contributed by atoms with Gasteiger partial charge in [-0.05, 0) is 30.3 Å². The van der Waals surface area contributed by atoms with E-state index in [9.17, 15) is 9.59 Å². The van der Waals surface area contributed by atoms with Crippen LogP contribution < -0.4 is 19.5 Å². The van der Waals surface area contributed by atoms with Gasteiger partial charge in [0.1, 0.15) is 0 Å². The molecule has 0 atom stereocenters. The van der Waals surface area contributed by atoms with Crippen LogP contribution in [0.1, 0.15) is 10.4 Å². The molecule has 0 aliphatic rings. The number of aromatic carboxylic acids is 1. The van der Waals surface area contributed by atoms with Crippen molar-refractivity contribution in [2.75, 3.05) is 26.1 Å². The Morgan fingerprint density at radius 2 is 1.54 bits per heavy atom. The third-order valence-electron chi connectivity index (χ3n) is 3.20. The summed E-state index contributed by atoms with van der Waals surface area (Å²) in [7, 11) is 2.70. The number of carboxylic acid groups (broad SMARTS) is 1. The molecule has 0 heterocycles. The van der Waals surface area contributed by atoms with Crippen LogP contribution in [-0.4, -0.2) is 37.8 Å². The number of anilines is 1. The minimum absolute atomic E-state index is 0.0379. The van der Waals surface area contributed by atoms with E-state index in [0.29, 0.717) is 15.7 Å². The molecule has 2 N–H and O–H groups in total. The molecule has 0 unspecified atom stereocenters. The maximum absolute atomic E-state index is 12.1. The number of rotatable bonds is 7. The van der Waals surface area contributed by atoms with Crippen molar-refractivity contribution < 1.29 is 28.9 Å². The van der Waals surface area contributed by atoms with E-state index in [4.69, 9.17) is 42.5 Å². The van der Waals surface area contributed by atoms with Gasteiger partial charge in [-0.25, -0.2) is 4.79 Å². The Labute approximate surface area is 159 Å². The third-order valence-corrected chi connectivity index (χ3v) is 3.64. The SMILES string of the molecule is COc1cc(C(=O)O)cc(OC)c1OCC(=O)Nc1cc(Cl)cc(Cl)c1. The highest BCUT2D eigenvalue weighted by atomic mass is 35.5. The summed E-state index contributed by atoms with van der Waals surface area (Å²) in [6, 6.07) is 7.15. The van der Waals surface area contributed by atoms with Crippen molar-refractivity contribution in [2.45, 2.75) is 0 Å². The maximum Gasteiger partial charge on any atom is 0.335 e. The number of hydrogen-bond acceptors (Lipinski definition) is 5. The van der Waals surface area contributed by atoms with Crippen LogP contribution in [0.4, 0.5) is 5.69 Å². The largest absolute Gasteiger partial charge is 0.493 e. The zero-order valence-electron chi connectivity index (χ0n) is 13.8. The number of carbonyl (C=O) groups excluding carboxylic acids is 1. The van der Waals surface area contributed by atoms with Crippen molar-refractivity contribution >= 4 is 40.8 Å². The van der Waals surface area contributed by atoms with E-state index in [-0.39, 0.29) is 29.4 Å². The van der Waals surface area contributed by atoms with Crippen LogP contribution >= 0.6 is 23.2 Å². The molecule has 26 heavy (non-hydrogen) atoms. The highest BCUT2D eigenvalue weighted by Gasteiger charge is 2.18. The fourth-order valence-corrected chi connectivity index (χ4v) is 2.63. The van der Waals surface area contributed by atoms with Crippen LogP contribution in [0.5, 0.6) is 17.2 Å². The molecule has 9 heteroatoms. The first-order valence-corrected chi connectivity index (χ1v) is 7.97. The van der Waals surface area contributed by atoms with Gasteiger partial charge in [-0.15, -0.1) is 0 Å². The molecule has 1 amide bonds. The van der Waals surface area contributed by atoms with E-state index in [1.807, 2.05) is 0 Å². The number of halogens is 2. The van der Waals surface area contributed by atoms with Gasteiger partial charge in [0.15, 0.2) is 18.1 Å². The normalized spacial score (nSPS) is 10.2. The Bertz CT molecular complexity index is 795. The van der Waals surface area contributed by atoms with Gasteiger partial charge in [-0.3, -0.25) is 4.79 Å². The Balaban J connectivity index is 2.15. The molecular formula is C17H15Cl2NO6. The van der Waals surface area contributed by atoms with E-state index >= 15 is 0 Å². The Morgan fingerprint density at radius 1 is 1.00 bits per heavy atom. The van der Waals surface area contributed by atoms with Crippen molar-refractivity contribution in [3.63, 3.8) is 0 Å². The van der Waals surface area contributed by atoms with Gasteiger partial charge in [0.2, 0.25) is 5.75 Å². The first kappa shape index (κ1) is 19.7. The average Bonchev–Trinajstić information content (AvgIpc) is 2.58. The molecule has 7 nitrogen and oxygen atoms in total. The zero-order valence-corrected chi connectivity index (χ0v) is 15.4. The maximum atomic E-state index is 12.1. The number of nitrogens with one attached hydrogen (secondary N) is 1. The van der Waals surface area contributed by atoms with Gasteiger partial charge in [0, 0.05) is 15.7 Å². The molecule has 0 aliphatic heterocycles. The smallest absolute Gasteiger partial charge is 0.335 e. The molecule has 2 rings (SSSR count). The monoisotopic (exact) mass is 399 g/mol. The minimum atomic E-state index is -1.15. The summed E-state index contributed by atoms with van der Waals surface area (Å²) in [6.07, 6.45) is 0. The van der Waals surface area contributed by atoms with Crippen molar-refractivity contribution in [2.24, 2.45) is 0 Å². The number of carboxylic acids is 1. The van der Waals surface area contributed by atoms with E-state index in [2.05, 4.69) is 5.32 Å². The second-order valence-corrected chi connectivity index (χ2v) is 5.88. The fraction of sp³-hybridized carbons (Fsp3) is 0.176. The molecule has 0 saturated heterocycles. The minimum Gasteiger partial charge on any atom is -0.493 e. The highest BCUT2D eigenvalue weighted by molar-refractivity contribution is 6.35. The average molecular weight is 400 g/mol. The van der Waals surface area contributed by atoms with Gasteiger partial charge in [0.05, 0.1) is 19.8 Å². The van der Waals surface area contributed by atoms with Crippen molar-refractivity contribution in [3.8, 4) is 17.2 Å². The lowest BCUT2D eigenvalue weighted by atomic mass is 10.2. The number of benzene rings is 2. The quantitative estimate of drug-likeness (QED) is 0.736. The second kappa shape index (κ2) is 8.64. The second-order valence-electron chi connectivity index (χ2n) is 5.01. The number of ether oxygens (including phenoxy) is 3. The summed E-state index contributed by atoms with van der Waals surface area (Å²) in [5.41, 5.74) is 0.375. The number of hydrogen-bond donors (Lipinski definition) is 2. The van der Waals surface area contributed by atoms with Crippen LogP contribution in [0.25, 0.3) is 0 Å². The predicted octanol–water partition coefficient (Wildman–Crippen LogP) is 3.73. The number of amides is 1. The first-order valence-electron chi connectivity index (χ1n) is 7.22. The van der Waals surface area contributed by atoms with E-state index in [1.165, 1.54) is 44.6 Å². The summed E-state index contributed by atoms with van der Waals surface area (Å²) in [5.74, 6) is -1.27. The van der Waals surface area contributed by atoms with Gasteiger partial charge in [-0.1, -0.05) is 23.2 Å². The third kappa shape index (κ3) is 4.93. The van der Waals surface area contributed by atoms with E-state index in [0.717, 1.165) is 0 Å². The lowest BCUT2D eigenvalue weighted by molar-refractivity contribution is -0.118. The first-order chi connectivity index (χ1) is 12.3. The standard InChI is InChI=1S/C17H15Cl2NO6/c1-24-13-3-9(17(22)23)4-14(25-2)16(13)26-8-15(21)20-12-6-10(18)5-11(19)7-12/h3-7H,8H2,1-2H3,(H,20,21)(H,22,23). The fourth-order valence-electron chi connectivity index (χ4n) is 2.11. The van der Waals surface area contributed by atoms with Crippen molar-refractivity contribution in [3.05, 3.63) is 45.9 Å². The van der Waals surface area contributed by atoms with E-state index < -0.39 is 11.9 Å². The van der Waals surface area contributed by atoms with Gasteiger partial charge >= 0.3 is 5.97 Å². The number of methoxy groups -OCH3 is 2. The Kier molecular flexibility index (Phi) is 6.54. The lowest BCUT2D eigenvalue weighted by Crippen LogP contribution is -2.20. The summed E-state index contributed by atoms with van der Waals surface area (Å²) < 4.78 is 15.7. The topological polar surface area (TPSA) is 94.1 Å². The Hall–Kier alpha value is -2.64. The molecule has 0 spiro atoms. The molecule has 0 radical (unpaired) electrons. The summed E-state index contributed by atoms with van der Waals surface area (Å²) in [4.78, 5) is 23.2.